The molecule has 0 unspecified atom stereocenters. The van der Waals surface area contributed by atoms with Crippen LogP contribution in [0, 0.1) is 6.92 Å². The molecule has 0 saturated heterocycles. The van der Waals surface area contributed by atoms with Crippen LogP contribution >= 0.6 is 15.9 Å². The summed E-state index contributed by atoms with van der Waals surface area (Å²) in [5.41, 5.74) is 3.75. The van der Waals surface area contributed by atoms with Gasteiger partial charge in [-0.15, -0.1) is 0 Å². The lowest BCUT2D eigenvalue weighted by molar-refractivity contribution is -0.120. The molecule has 0 spiro atoms. The number of sulfonamides is 1. The standard InChI is InChI=1S/C26H27BrN2O4S/c1-18-10-12-20(13-11-18)29(34(31,32)21-14-15-25(33-2)23(27)16-21)17-26(30)28-24-9-5-7-19-6-3-4-8-22(19)24/h3-4,6,8,10-16,24H,5,7,9,17H2,1-2H3,(H,28,30)/t24-/m0/s1. The van der Waals surface area contributed by atoms with Crippen LogP contribution in [0.1, 0.15) is 35.6 Å². The van der Waals surface area contributed by atoms with Gasteiger partial charge in [0.1, 0.15) is 12.3 Å². The molecule has 3 aromatic rings. The minimum absolute atomic E-state index is 0.0663. The van der Waals surface area contributed by atoms with Gasteiger partial charge in [-0.25, -0.2) is 8.42 Å². The first-order chi connectivity index (χ1) is 16.3. The summed E-state index contributed by atoms with van der Waals surface area (Å²) in [6, 6.07) is 19.6. The van der Waals surface area contributed by atoms with E-state index in [4.69, 9.17) is 4.74 Å². The van der Waals surface area contributed by atoms with Crippen LogP contribution in [-0.4, -0.2) is 28.0 Å². The average molecular weight is 543 g/mol. The third kappa shape index (κ3) is 5.13. The monoisotopic (exact) mass is 542 g/mol. The zero-order chi connectivity index (χ0) is 24.3. The van der Waals surface area contributed by atoms with E-state index in [-0.39, 0.29) is 23.4 Å². The van der Waals surface area contributed by atoms with Gasteiger partial charge in [0.05, 0.1) is 28.2 Å². The number of carbonyl (C=O) groups is 1. The zero-order valence-corrected chi connectivity index (χ0v) is 21.5. The summed E-state index contributed by atoms with van der Waals surface area (Å²) in [5.74, 6) is 0.174. The Labute approximate surface area is 209 Å². The largest absolute Gasteiger partial charge is 0.496 e. The van der Waals surface area contributed by atoms with Crippen LogP contribution < -0.4 is 14.4 Å². The van der Waals surface area contributed by atoms with Crippen LogP contribution in [0.25, 0.3) is 0 Å². The number of carbonyl (C=O) groups excluding carboxylic acids is 1. The molecule has 1 atom stereocenters. The maximum absolute atomic E-state index is 13.7. The zero-order valence-electron chi connectivity index (χ0n) is 19.1. The van der Waals surface area contributed by atoms with Gasteiger partial charge in [-0.3, -0.25) is 9.10 Å². The Hall–Kier alpha value is -2.84. The van der Waals surface area contributed by atoms with Crippen molar-refractivity contribution in [3.63, 3.8) is 0 Å². The van der Waals surface area contributed by atoms with E-state index in [1.165, 1.54) is 24.8 Å². The fourth-order valence-corrected chi connectivity index (χ4v) is 6.38. The number of rotatable bonds is 7. The number of hydrogen-bond acceptors (Lipinski definition) is 4. The van der Waals surface area contributed by atoms with Crippen LogP contribution in [0.4, 0.5) is 5.69 Å². The molecule has 0 radical (unpaired) electrons. The maximum Gasteiger partial charge on any atom is 0.264 e. The van der Waals surface area contributed by atoms with Gasteiger partial charge in [0.2, 0.25) is 5.91 Å². The molecule has 0 aromatic heterocycles. The molecule has 178 valence electrons. The molecule has 1 aliphatic carbocycles. The summed E-state index contributed by atoms with van der Waals surface area (Å²) in [4.78, 5) is 13.2. The quantitative estimate of drug-likeness (QED) is 0.447. The Kier molecular flexibility index (Phi) is 7.28. The smallest absolute Gasteiger partial charge is 0.264 e. The Morgan fingerprint density at radius 1 is 1.12 bits per heavy atom. The fourth-order valence-electron chi connectivity index (χ4n) is 4.24. The van der Waals surface area contributed by atoms with Crippen LogP contribution in [0.15, 0.2) is 76.1 Å². The van der Waals surface area contributed by atoms with E-state index >= 15 is 0 Å². The van der Waals surface area contributed by atoms with E-state index in [0.717, 1.165) is 34.7 Å². The van der Waals surface area contributed by atoms with Crippen molar-refractivity contribution in [2.24, 2.45) is 0 Å². The third-order valence-electron chi connectivity index (χ3n) is 6.03. The number of methoxy groups -OCH3 is 1. The normalized spacial score (nSPS) is 15.3. The van der Waals surface area contributed by atoms with Gasteiger partial charge in [0.15, 0.2) is 0 Å². The number of halogens is 1. The summed E-state index contributed by atoms with van der Waals surface area (Å²) in [5, 5.41) is 3.07. The number of amides is 1. The summed E-state index contributed by atoms with van der Waals surface area (Å²) in [7, 11) is -2.51. The second kappa shape index (κ2) is 10.2. The molecular weight excluding hydrogens is 516 g/mol. The first-order valence-electron chi connectivity index (χ1n) is 11.1. The van der Waals surface area contributed by atoms with Crippen molar-refractivity contribution >= 4 is 37.5 Å². The average Bonchev–Trinajstić information content (AvgIpc) is 2.83. The number of hydrogen-bond donors (Lipinski definition) is 1. The first-order valence-corrected chi connectivity index (χ1v) is 13.3. The van der Waals surface area contributed by atoms with Gasteiger partial charge < -0.3 is 10.1 Å². The van der Waals surface area contributed by atoms with Crippen LogP contribution in [-0.2, 0) is 21.2 Å². The Morgan fingerprint density at radius 3 is 2.56 bits per heavy atom. The number of nitrogens with one attached hydrogen (secondary N) is 1. The van der Waals surface area contributed by atoms with E-state index in [2.05, 4.69) is 27.3 Å². The second-order valence-electron chi connectivity index (χ2n) is 8.35. The van der Waals surface area contributed by atoms with E-state index in [0.29, 0.717) is 15.9 Å². The highest BCUT2D eigenvalue weighted by atomic mass is 79.9. The number of anilines is 1. The molecule has 34 heavy (non-hydrogen) atoms. The Balaban J connectivity index is 1.64. The second-order valence-corrected chi connectivity index (χ2v) is 11.1. The molecule has 1 amide bonds. The van der Waals surface area contributed by atoms with Crippen molar-refractivity contribution < 1.29 is 17.9 Å². The molecule has 3 aromatic carbocycles. The molecule has 0 bridgehead atoms. The Morgan fingerprint density at radius 2 is 1.85 bits per heavy atom. The highest BCUT2D eigenvalue weighted by molar-refractivity contribution is 9.10. The highest BCUT2D eigenvalue weighted by Crippen LogP contribution is 2.32. The van der Waals surface area contributed by atoms with Gasteiger partial charge in [0.25, 0.3) is 10.0 Å². The van der Waals surface area contributed by atoms with E-state index in [1.54, 1.807) is 18.2 Å². The molecular formula is C26H27BrN2O4S. The number of aryl methyl sites for hydroxylation is 2. The van der Waals surface area contributed by atoms with Crippen molar-refractivity contribution in [2.75, 3.05) is 18.0 Å². The van der Waals surface area contributed by atoms with Gasteiger partial charge in [-0.1, -0.05) is 42.0 Å². The third-order valence-corrected chi connectivity index (χ3v) is 8.41. The molecule has 0 saturated carbocycles. The van der Waals surface area contributed by atoms with Crippen LogP contribution in [0.3, 0.4) is 0 Å². The minimum Gasteiger partial charge on any atom is -0.496 e. The van der Waals surface area contributed by atoms with Gasteiger partial charge in [-0.2, -0.15) is 0 Å². The molecule has 8 heteroatoms. The number of nitrogens with zero attached hydrogens (tertiary/aromatic N) is 1. The molecule has 0 aliphatic heterocycles. The summed E-state index contributed by atoms with van der Waals surface area (Å²) in [6.45, 7) is 1.60. The van der Waals surface area contributed by atoms with E-state index < -0.39 is 10.0 Å². The molecule has 6 nitrogen and oxygen atoms in total. The lowest BCUT2D eigenvalue weighted by atomic mass is 9.88. The number of ether oxygens (including phenoxy) is 1. The SMILES string of the molecule is COc1ccc(S(=O)(=O)N(CC(=O)N[C@H]2CCCc3ccccc32)c2ccc(C)cc2)cc1Br. The lowest BCUT2D eigenvalue weighted by Crippen LogP contribution is -2.42. The van der Waals surface area contributed by atoms with E-state index in [9.17, 15) is 13.2 Å². The van der Waals surface area contributed by atoms with Crippen molar-refractivity contribution in [2.45, 2.75) is 37.1 Å². The van der Waals surface area contributed by atoms with Crippen molar-refractivity contribution in [1.82, 2.24) is 5.32 Å². The van der Waals surface area contributed by atoms with E-state index in [1.807, 2.05) is 37.3 Å². The summed E-state index contributed by atoms with van der Waals surface area (Å²) >= 11 is 3.36. The Bertz CT molecular complexity index is 1290. The number of benzene rings is 3. The number of fused-ring (bicyclic) bond motifs is 1. The van der Waals surface area contributed by atoms with Crippen LogP contribution in [0.5, 0.6) is 5.75 Å². The summed E-state index contributed by atoms with van der Waals surface area (Å²) < 4.78 is 34.3. The van der Waals surface area contributed by atoms with Crippen molar-refractivity contribution in [1.29, 1.82) is 0 Å². The minimum atomic E-state index is -4.02. The highest BCUT2D eigenvalue weighted by Gasteiger charge is 2.29. The topological polar surface area (TPSA) is 75.7 Å². The van der Waals surface area contributed by atoms with Crippen molar-refractivity contribution in [3.8, 4) is 5.75 Å². The lowest BCUT2D eigenvalue weighted by Gasteiger charge is -2.29. The molecule has 1 aliphatic rings. The predicted molar refractivity (Wildman–Crippen MR) is 137 cm³/mol. The molecule has 0 heterocycles. The fraction of sp³-hybridized carbons (Fsp3) is 0.269. The summed E-state index contributed by atoms with van der Waals surface area (Å²) in [6.07, 6.45) is 2.78. The maximum atomic E-state index is 13.7. The van der Waals surface area contributed by atoms with Crippen LogP contribution in [0.2, 0.25) is 0 Å². The van der Waals surface area contributed by atoms with Gasteiger partial charge >= 0.3 is 0 Å². The predicted octanol–water partition coefficient (Wildman–Crippen LogP) is 5.16. The molecule has 4 rings (SSSR count). The van der Waals surface area contributed by atoms with Gasteiger partial charge in [-0.05, 0) is 83.6 Å². The van der Waals surface area contributed by atoms with Crippen molar-refractivity contribution in [3.05, 3.63) is 87.9 Å². The van der Waals surface area contributed by atoms with Gasteiger partial charge in [0, 0.05) is 0 Å². The first kappa shape index (κ1) is 24.3. The molecule has 0 fully saturated rings. The molecule has 1 N–H and O–H groups in total.